The third-order valence-corrected chi connectivity index (χ3v) is 8.36. The van der Waals surface area contributed by atoms with Crippen molar-refractivity contribution in [3.8, 4) is 5.75 Å². The van der Waals surface area contributed by atoms with E-state index in [1.807, 2.05) is 13.0 Å². The Hall–Kier alpha value is -3.83. The highest BCUT2D eigenvalue weighted by Gasteiger charge is 2.45. The van der Waals surface area contributed by atoms with Crippen LogP contribution >= 0.6 is 0 Å². The molecular weight excluding hydrogens is 672 g/mol. The first-order chi connectivity index (χ1) is 23.8. The van der Waals surface area contributed by atoms with Crippen molar-refractivity contribution in [1.82, 2.24) is 0 Å². The molecule has 3 aromatic rings. The summed E-state index contributed by atoms with van der Waals surface area (Å²) in [6, 6.07) is 6.31. The average Bonchev–Trinajstić information content (AvgIpc) is 3.49. The van der Waals surface area contributed by atoms with Crippen LogP contribution in [-0.4, -0.2) is 105 Å². The summed E-state index contributed by atoms with van der Waals surface area (Å²) in [6.45, 7) is 9.11. The van der Waals surface area contributed by atoms with Gasteiger partial charge in [-0.1, -0.05) is 5.57 Å². The summed E-state index contributed by atoms with van der Waals surface area (Å²) in [4.78, 5) is 37.2. The van der Waals surface area contributed by atoms with Gasteiger partial charge in [-0.25, -0.2) is 4.79 Å². The van der Waals surface area contributed by atoms with E-state index in [1.54, 1.807) is 32.0 Å². The van der Waals surface area contributed by atoms with Crippen molar-refractivity contribution in [1.29, 1.82) is 0 Å². The van der Waals surface area contributed by atoms with Crippen LogP contribution in [0.2, 0.25) is 0 Å². The van der Waals surface area contributed by atoms with Crippen LogP contribution in [-0.2, 0) is 28.5 Å². The van der Waals surface area contributed by atoms with Gasteiger partial charge in [0.05, 0.1) is 47.2 Å². The van der Waals surface area contributed by atoms with E-state index in [9.17, 15) is 39.9 Å². The molecule has 0 radical (unpaired) electrons. The number of fused-ring (bicyclic) bond motifs is 2. The van der Waals surface area contributed by atoms with Crippen molar-refractivity contribution in [2.75, 3.05) is 13.2 Å². The number of carbonyl (C=O) groups is 2. The van der Waals surface area contributed by atoms with Crippen LogP contribution in [0.3, 0.4) is 0 Å². The average molecular weight is 721 g/mol. The highest BCUT2D eigenvalue weighted by molar-refractivity contribution is 6.01. The van der Waals surface area contributed by atoms with Crippen molar-refractivity contribution >= 4 is 33.9 Å². The van der Waals surface area contributed by atoms with Crippen molar-refractivity contribution in [3.63, 3.8) is 0 Å². The predicted molar refractivity (Wildman–Crippen MR) is 181 cm³/mol. The molecule has 0 amide bonds. The van der Waals surface area contributed by atoms with E-state index in [4.69, 9.17) is 32.5 Å². The molecule has 1 saturated heterocycles. The van der Waals surface area contributed by atoms with Crippen LogP contribution < -0.4 is 10.4 Å². The Kier molecular flexibility index (Phi) is 13.1. The van der Waals surface area contributed by atoms with Gasteiger partial charge < -0.3 is 58.1 Å². The quantitative estimate of drug-likeness (QED) is 0.0815. The van der Waals surface area contributed by atoms with Gasteiger partial charge in [-0.05, 0) is 72.6 Å². The number of ether oxygens (including phenoxy) is 5. The third kappa shape index (κ3) is 10.8. The lowest BCUT2D eigenvalue weighted by Crippen LogP contribution is -2.59. The van der Waals surface area contributed by atoms with Crippen molar-refractivity contribution in [2.24, 2.45) is 0 Å². The molecule has 7 atom stereocenters. The van der Waals surface area contributed by atoms with Gasteiger partial charge >= 0.3 is 17.6 Å². The first-order valence-corrected chi connectivity index (χ1v) is 16.7. The second kappa shape index (κ2) is 16.7. The zero-order valence-corrected chi connectivity index (χ0v) is 29.6. The van der Waals surface area contributed by atoms with Gasteiger partial charge in [0.2, 0.25) is 0 Å². The molecule has 1 aromatic carbocycles. The molecule has 0 saturated carbocycles. The van der Waals surface area contributed by atoms with Gasteiger partial charge in [-0.2, -0.15) is 0 Å². The minimum Gasteiger partial charge on any atom is -0.488 e. The lowest BCUT2D eigenvalue weighted by Gasteiger charge is -2.40. The number of esters is 2. The Bertz CT molecular complexity index is 1730. The maximum Gasteiger partial charge on any atom is 0.336 e. The van der Waals surface area contributed by atoms with E-state index in [-0.39, 0.29) is 19.1 Å². The van der Waals surface area contributed by atoms with E-state index in [1.165, 1.54) is 33.1 Å². The van der Waals surface area contributed by atoms with Gasteiger partial charge in [-0.3, -0.25) is 9.59 Å². The van der Waals surface area contributed by atoms with E-state index >= 15 is 0 Å². The monoisotopic (exact) mass is 720 g/mol. The molecule has 5 N–H and O–H groups in total. The number of aliphatic hydroxyl groups excluding tert-OH is 3. The number of hydrogen-bond donors (Lipinski definition) is 5. The fourth-order valence-corrected chi connectivity index (χ4v) is 5.60. The van der Waals surface area contributed by atoms with Crippen LogP contribution in [0.15, 0.2) is 55.8 Å². The minimum atomic E-state index is -1.89. The molecular formula is C36H48O15. The third-order valence-electron chi connectivity index (χ3n) is 8.36. The minimum absolute atomic E-state index is 0.164. The van der Waals surface area contributed by atoms with E-state index in [0.29, 0.717) is 34.1 Å². The zero-order chi connectivity index (χ0) is 37.7. The Balaban J connectivity index is 1.28. The molecule has 2 aromatic heterocycles. The van der Waals surface area contributed by atoms with E-state index in [2.05, 4.69) is 0 Å². The largest absolute Gasteiger partial charge is 0.488 e. The molecule has 4 rings (SSSR count). The number of rotatable bonds is 16. The van der Waals surface area contributed by atoms with Crippen molar-refractivity contribution in [2.45, 2.75) is 121 Å². The van der Waals surface area contributed by atoms with E-state index in [0.717, 1.165) is 5.57 Å². The normalized spacial score (nSPS) is 23.3. The maximum absolute atomic E-state index is 12.9. The molecule has 1 fully saturated rings. The van der Waals surface area contributed by atoms with Crippen LogP contribution in [0.5, 0.6) is 5.75 Å². The Morgan fingerprint density at radius 3 is 2.33 bits per heavy atom. The molecule has 0 bridgehead atoms. The van der Waals surface area contributed by atoms with Gasteiger partial charge in [0.25, 0.3) is 0 Å². The SMILES string of the molecule is CC(=CCOc1c2ccoc2cc2oc(=O)ccc12)CC[C@@H](OC(=O)C[C@](C)(O)CC(=O)OC[C@H]1O[C@@H](OC(C)C)[C@H](O)[C@@H](O)[C@@H]1O)C(C)(C)O. The molecule has 1 aliphatic rings. The Labute approximate surface area is 294 Å². The highest BCUT2D eigenvalue weighted by Crippen LogP contribution is 2.35. The molecule has 3 heterocycles. The number of benzene rings is 1. The van der Waals surface area contributed by atoms with Gasteiger partial charge in [0.1, 0.15) is 60.6 Å². The molecule has 15 nitrogen and oxygen atoms in total. The second-order valence-electron chi connectivity index (χ2n) is 14.0. The fraction of sp³-hybridized carbons (Fsp3) is 0.583. The molecule has 282 valence electrons. The van der Waals surface area contributed by atoms with Gasteiger partial charge in [0, 0.05) is 12.1 Å². The number of aliphatic hydroxyl groups is 5. The van der Waals surface area contributed by atoms with Gasteiger partial charge in [-0.15, -0.1) is 0 Å². The molecule has 1 aliphatic heterocycles. The molecule has 0 spiro atoms. The summed E-state index contributed by atoms with van der Waals surface area (Å²) in [6.07, 6.45) is -5.75. The van der Waals surface area contributed by atoms with Gasteiger partial charge in [0.15, 0.2) is 6.29 Å². The molecule has 0 aliphatic carbocycles. The Morgan fingerprint density at radius 2 is 1.65 bits per heavy atom. The second-order valence-corrected chi connectivity index (χ2v) is 14.0. The summed E-state index contributed by atoms with van der Waals surface area (Å²) < 4.78 is 38.4. The summed E-state index contributed by atoms with van der Waals surface area (Å²) >= 11 is 0. The number of furan rings is 1. The van der Waals surface area contributed by atoms with Crippen LogP contribution in [0.1, 0.15) is 67.2 Å². The number of hydrogen-bond acceptors (Lipinski definition) is 15. The fourth-order valence-electron chi connectivity index (χ4n) is 5.60. The first kappa shape index (κ1) is 39.9. The van der Waals surface area contributed by atoms with Crippen LogP contribution in [0.25, 0.3) is 21.9 Å². The Morgan fingerprint density at radius 1 is 0.961 bits per heavy atom. The van der Waals surface area contributed by atoms with Crippen LogP contribution in [0.4, 0.5) is 0 Å². The highest BCUT2D eigenvalue weighted by atomic mass is 16.7. The number of carbonyl (C=O) groups excluding carboxylic acids is 2. The zero-order valence-electron chi connectivity index (χ0n) is 29.6. The smallest absolute Gasteiger partial charge is 0.336 e. The summed E-state index contributed by atoms with van der Waals surface area (Å²) in [5.74, 6) is -1.28. The molecule has 51 heavy (non-hydrogen) atoms. The topological polar surface area (TPSA) is 225 Å². The molecule has 15 heteroatoms. The molecule has 0 unspecified atom stereocenters. The maximum atomic E-state index is 12.9. The predicted octanol–water partition coefficient (Wildman–Crippen LogP) is 2.63. The van der Waals surface area contributed by atoms with Crippen molar-refractivity contribution < 1.29 is 67.6 Å². The lowest BCUT2D eigenvalue weighted by molar-refractivity contribution is -0.309. The number of allylic oxidation sites excluding steroid dienone is 1. The van der Waals surface area contributed by atoms with E-state index < -0.39 is 85.0 Å². The van der Waals surface area contributed by atoms with Crippen LogP contribution in [0, 0.1) is 0 Å². The first-order valence-electron chi connectivity index (χ1n) is 16.7. The summed E-state index contributed by atoms with van der Waals surface area (Å²) in [5, 5.41) is 53.5. The van der Waals surface area contributed by atoms with Crippen molar-refractivity contribution in [3.05, 3.63) is 52.6 Å². The lowest BCUT2D eigenvalue weighted by atomic mass is 9.94. The summed E-state index contributed by atoms with van der Waals surface area (Å²) in [5.41, 5.74) is -2.12. The summed E-state index contributed by atoms with van der Waals surface area (Å²) in [7, 11) is 0. The standard InChI is InChI=1S/C36H48O15/c1-19(2)48-34-32(42)31(41)30(40)25(50-34)18-47-28(38)16-36(6,44)17-29(39)51-26(35(4,5)43)9-7-20(3)11-13-46-33-21-8-10-27(37)49-24(21)15-23-22(33)12-14-45-23/h8,10-12,14-15,19,25-26,30-32,34,40-44H,7,9,13,16-18H2,1-6H3/t25-,26-,30-,31+,32-,34-,36-/m1/s1.